The van der Waals surface area contributed by atoms with Crippen LogP contribution in [-0.4, -0.2) is 27.3 Å². The highest BCUT2D eigenvalue weighted by Crippen LogP contribution is 2.30. The van der Waals surface area contributed by atoms with E-state index < -0.39 is 0 Å². The van der Waals surface area contributed by atoms with Gasteiger partial charge >= 0.3 is 0 Å². The maximum Gasteiger partial charge on any atom is 0.251 e. The molecule has 136 valence electrons. The zero-order valence-corrected chi connectivity index (χ0v) is 15.0. The minimum Gasteiger partial charge on any atom is -0.383 e. The second kappa shape index (κ2) is 6.59. The van der Waals surface area contributed by atoms with Gasteiger partial charge in [-0.25, -0.2) is 4.98 Å². The molecule has 0 unspecified atom stereocenters. The number of nitrogens with one attached hydrogen (secondary N) is 1. The van der Waals surface area contributed by atoms with Gasteiger partial charge in [0.25, 0.3) is 5.91 Å². The van der Waals surface area contributed by atoms with E-state index in [1.54, 1.807) is 10.6 Å². The fourth-order valence-electron chi connectivity index (χ4n) is 3.65. The lowest BCUT2D eigenvalue weighted by atomic mass is 10.0. The smallest absolute Gasteiger partial charge is 0.251 e. The molecule has 2 aliphatic rings. The normalized spacial score (nSPS) is 17.4. The first-order valence-corrected chi connectivity index (χ1v) is 9.34. The van der Waals surface area contributed by atoms with E-state index in [9.17, 15) is 9.59 Å². The number of nitrogen functional groups attached to an aromatic ring is 1. The van der Waals surface area contributed by atoms with Gasteiger partial charge in [-0.2, -0.15) is 0 Å². The van der Waals surface area contributed by atoms with E-state index in [0.717, 1.165) is 49.8 Å². The molecule has 6 heteroatoms. The van der Waals surface area contributed by atoms with Crippen molar-refractivity contribution in [1.29, 1.82) is 0 Å². The number of imidazole rings is 1. The van der Waals surface area contributed by atoms with E-state index in [-0.39, 0.29) is 17.6 Å². The predicted molar refractivity (Wildman–Crippen MR) is 99.5 cm³/mol. The summed E-state index contributed by atoms with van der Waals surface area (Å²) < 4.78 is 1.70. The standard InChI is InChI=1S/C20H24N4O2/c1-12-6-7-14(20(26)23-15-8-9-15)10-16(12)24-17(21)11-22-19(24)18(25)13-4-2-3-5-13/h6-7,10-11,13,15H,2-5,8-9,21H2,1H3,(H,23,26). The van der Waals surface area contributed by atoms with E-state index in [1.165, 1.54) is 6.20 Å². The zero-order chi connectivity index (χ0) is 18.3. The van der Waals surface area contributed by atoms with Gasteiger partial charge in [0, 0.05) is 17.5 Å². The second-order valence-corrected chi connectivity index (χ2v) is 7.44. The summed E-state index contributed by atoms with van der Waals surface area (Å²) >= 11 is 0. The van der Waals surface area contributed by atoms with Gasteiger partial charge in [-0.05, 0) is 50.3 Å². The highest BCUT2D eigenvalue weighted by atomic mass is 16.1. The van der Waals surface area contributed by atoms with Gasteiger partial charge in [0.1, 0.15) is 5.82 Å². The molecule has 1 amide bonds. The molecule has 1 aromatic carbocycles. The van der Waals surface area contributed by atoms with Crippen molar-refractivity contribution < 1.29 is 9.59 Å². The molecular weight excluding hydrogens is 328 g/mol. The topological polar surface area (TPSA) is 90.0 Å². The molecule has 2 saturated carbocycles. The Kier molecular flexibility index (Phi) is 4.26. The first-order valence-electron chi connectivity index (χ1n) is 9.34. The molecule has 4 rings (SSSR count). The van der Waals surface area contributed by atoms with Gasteiger partial charge in [-0.3, -0.25) is 14.2 Å². The van der Waals surface area contributed by atoms with Gasteiger partial charge < -0.3 is 11.1 Å². The van der Waals surface area contributed by atoms with Crippen molar-refractivity contribution >= 4 is 17.5 Å². The van der Waals surface area contributed by atoms with E-state index in [2.05, 4.69) is 10.3 Å². The van der Waals surface area contributed by atoms with Crippen molar-refractivity contribution in [2.24, 2.45) is 5.92 Å². The summed E-state index contributed by atoms with van der Waals surface area (Å²) in [6.07, 6.45) is 7.60. The zero-order valence-electron chi connectivity index (χ0n) is 15.0. The fourth-order valence-corrected chi connectivity index (χ4v) is 3.65. The molecule has 0 bridgehead atoms. The van der Waals surface area contributed by atoms with Crippen molar-refractivity contribution in [1.82, 2.24) is 14.9 Å². The number of nitrogens with zero attached hydrogens (tertiary/aromatic N) is 2. The number of carbonyl (C=O) groups is 2. The van der Waals surface area contributed by atoms with Gasteiger partial charge in [-0.15, -0.1) is 0 Å². The monoisotopic (exact) mass is 352 g/mol. The van der Waals surface area contributed by atoms with Gasteiger partial charge in [-0.1, -0.05) is 18.9 Å². The summed E-state index contributed by atoms with van der Waals surface area (Å²) in [5.74, 6) is 0.770. The Bertz CT molecular complexity index is 861. The van der Waals surface area contributed by atoms with Crippen LogP contribution in [0.5, 0.6) is 0 Å². The summed E-state index contributed by atoms with van der Waals surface area (Å²) in [5.41, 5.74) is 8.40. The van der Waals surface area contributed by atoms with Gasteiger partial charge in [0.2, 0.25) is 5.78 Å². The average molecular weight is 352 g/mol. The lowest BCUT2D eigenvalue weighted by Crippen LogP contribution is -2.25. The molecule has 0 spiro atoms. The summed E-state index contributed by atoms with van der Waals surface area (Å²) in [6.45, 7) is 1.95. The Morgan fingerprint density at radius 3 is 2.62 bits per heavy atom. The minimum atomic E-state index is -0.0869. The van der Waals surface area contributed by atoms with Crippen molar-refractivity contribution in [3.63, 3.8) is 0 Å². The number of hydrogen-bond acceptors (Lipinski definition) is 4. The first kappa shape index (κ1) is 16.8. The molecule has 26 heavy (non-hydrogen) atoms. The van der Waals surface area contributed by atoms with Crippen LogP contribution in [0.3, 0.4) is 0 Å². The van der Waals surface area contributed by atoms with Crippen LogP contribution < -0.4 is 11.1 Å². The number of anilines is 1. The van der Waals surface area contributed by atoms with Crippen molar-refractivity contribution in [2.75, 3.05) is 5.73 Å². The third-order valence-electron chi connectivity index (χ3n) is 5.36. The molecule has 3 N–H and O–H groups in total. The van der Waals surface area contributed by atoms with Gasteiger partial charge in [0.15, 0.2) is 5.82 Å². The molecule has 0 radical (unpaired) electrons. The van der Waals surface area contributed by atoms with Crippen LogP contribution in [-0.2, 0) is 0 Å². The number of nitrogens with two attached hydrogens (primary N) is 1. The Morgan fingerprint density at radius 2 is 1.92 bits per heavy atom. The highest BCUT2D eigenvalue weighted by Gasteiger charge is 2.29. The summed E-state index contributed by atoms with van der Waals surface area (Å²) in [6, 6.07) is 5.80. The van der Waals surface area contributed by atoms with E-state index >= 15 is 0 Å². The highest BCUT2D eigenvalue weighted by molar-refractivity contribution is 5.97. The first-order chi connectivity index (χ1) is 12.5. The van der Waals surface area contributed by atoms with Crippen LogP contribution in [0, 0.1) is 12.8 Å². The number of ketones is 1. The molecule has 0 aliphatic heterocycles. The molecule has 0 saturated heterocycles. The molecule has 1 aromatic heterocycles. The number of carbonyl (C=O) groups excluding carboxylic acids is 2. The van der Waals surface area contributed by atoms with Gasteiger partial charge in [0.05, 0.1) is 11.9 Å². The van der Waals surface area contributed by atoms with Crippen LogP contribution >= 0.6 is 0 Å². The Balaban J connectivity index is 1.71. The maximum absolute atomic E-state index is 12.9. The number of aryl methyl sites for hydroxylation is 1. The maximum atomic E-state index is 12.9. The van der Waals surface area contributed by atoms with Crippen LogP contribution in [0.4, 0.5) is 5.82 Å². The summed E-state index contributed by atoms with van der Waals surface area (Å²) in [5, 5.41) is 3.00. The third-order valence-corrected chi connectivity index (χ3v) is 5.36. The number of benzene rings is 1. The molecule has 2 fully saturated rings. The van der Waals surface area contributed by atoms with Crippen molar-refractivity contribution in [3.8, 4) is 5.69 Å². The Labute approximate surface area is 152 Å². The third kappa shape index (κ3) is 3.11. The summed E-state index contributed by atoms with van der Waals surface area (Å²) in [4.78, 5) is 29.6. The predicted octanol–water partition coefficient (Wildman–Crippen LogP) is 3.03. The SMILES string of the molecule is Cc1ccc(C(=O)NC2CC2)cc1-n1c(N)cnc1C(=O)C1CCCC1. The number of amides is 1. The van der Waals surface area contributed by atoms with Crippen LogP contribution in [0.1, 0.15) is 65.1 Å². The largest absolute Gasteiger partial charge is 0.383 e. The lowest BCUT2D eigenvalue weighted by molar-refractivity contribution is 0.0909. The molecular formula is C20H24N4O2. The number of rotatable bonds is 5. The Morgan fingerprint density at radius 1 is 1.19 bits per heavy atom. The van der Waals surface area contributed by atoms with E-state index in [0.29, 0.717) is 23.2 Å². The molecule has 1 heterocycles. The van der Waals surface area contributed by atoms with Crippen LogP contribution in [0.15, 0.2) is 24.4 Å². The number of Topliss-reactive ketones (excluding diaryl/α,β-unsaturated/α-hetero) is 1. The lowest BCUT2D eigenvalue weighted by Gasteiger charge is -2.15. The average Bonchev–Trinajstić information content (AvgIpc) is 3.12. The second-order valence-electron chi connectivity index (χ2n) is 7.44. The van der Waals surface area contributed by atoms with Crippen molar-refractivity contribution in [2.45, 2.75) is 51.5 Å². The molecule has 0 atom stereocenters. The molecule has 2 aliphatic carbocycles. The molecule has 6 nitrogen and oxygen atoms in total. The number of aromatic nitrogens is 2. The van der Waals surface area contributed by atoms with Crippen LogP contribution in [0.2, 0.25) is 0 Å². The minimum absolute atomic E-state index is 0.0252. The van der Waals surface area contributed by atoms with Crippen molar-refractivity contribution in [3.05, 3.63) is 41.3 Å². The van der Waals surface area contributed by atoms with E-state index in [4.69, 9.17) is 5.73 Å². The quantitative estimate of drug-likeness (QED) is 0.809. The number of hydrogen-bond donors (Lipinski definition) is 2. The molecule has 2 aromatic rings. The fraction of sp³-hybridized carbons (Fsp3) is 0.450. The Hall–Kier alpha value is -2.63. The van der Waals surface area contributed by atoms with Crippen LogP contribution in [0.25, 0.3) is 5.69 Å². The van der Waals surface area contributed by atoms with E-state index in [1.807, 2.05) is 19.1 Å². The summed E-state index contributed by atoms with van der Waals surface area (Å²) in [7, 11) is 0.